The van der Waals surface area contributed by atoms with Crippen LogP contribution in [-0.4, -0.2) is 59.8 Å². The number of sulfonamides is 2. The van der Waals surface area contributed by atoms with Crippen LogP contribution in [0.4, 0.5) is 10.1 Å². The molecule has 0 spiro atoms. The number of halogens is 1. The molecule has 1 amide bonds. The minimum atomic E-state index is -4.14. The van der Waals surface area contributed by atoms with Crippen molar-refractivity contribution in [2.45, 2.75) is 22.6 Å². The fourth-order valence-corrected chi connectivity index (χ4v) is 6.91. The maximum atomic E-state index is 13.3. The Morgan fingerprint density at radius 2 is 1.47 bits per heavy atom. The fourth-order valence-electron chi connectivity index (χ4n) is 3.97. The Morgan fingerprint density at radius 1 is 0.868 bits per heavy atom. The monoisotopic (exact) mass is 561 g/mol. The first kappa shape index (κ1) is 27.6. The van der Waals surface area contributed by atoms with Crippen molar-refractivity contribution in [2.24, 2.45) is 0 Å². The molecule has 0 saturated carbocycles. The third-order valence-corrected chi connectivity index (χ3v) is 9.65. The van der Waals surface area contributed by atoms with Gasteiger partial charge in [-0.1, -0.05) is 18.2 Å². The summed E-state index contributed by atoms with van der Waals surface area (Å²) >= 11 is 0. The van der Waals surface area contributed by atoms with Crippen LogP contribution in [0.25, 0.3) is 0 Å². The SMILES string of the molecule is O=C(CN(c1ccccc1)S(=O)(=O)c1ccc(F)cc1)NCCOc1ccc(S(=O)(=O)N2CCCC2)cc1. The number of benzene rings is 3. The van der Waals surface area contributed by atoms with Crippen LogP contribution >= 0.6 is 0 Å². The first-order chi connectivity index (χ1) is 18.2. The van der Waals surface area contributed by atoms with Crippen LogP contribution in [-0.2, 0) is 24.8 Å². The van der Waals surface area contributed by atoms with Gasteiger partial charge in [-0.05, 0) is 73.5 Å². The minimum absolute atomic E-state index is 0.0833. The Hall–Kier alpha value is -3.48. The first-order valence-corrected chi connectivity index (χ1v) is 14.9. The number of para-hydroxylation sites is 1. The second-order valence-corrected chi connectivity index (χ2v) is 12.4. The zero-order chi connectivity index (χ0) is 27.2. The predicted octanol–water partition coefficient (Wildman–Crippen LogP) is 3.00. The van der Waals surface area contributed by atoms with Crippen LogP contribution in [0.15, 0.2) is 88.7 Å². The topological polar surface area (TPSA) is 113 Å². The number of carbonyl (C=O) groups is 1. The summed E-state index contributed by atoms with van der Waals surface area (Å²) in [5.74, 6) is -0.699. The van der Waals surface area contributed by atoms with Crippen LogP contribution < -0.4 is 14.4 Å². The van der Waals surface area contributed by atoms with E-state index in [0.717, 1.165) is 41.4 Å². The molecule has 38 heavy (non-hydrogen) atoms. The molecule has 0 atom stereocenters. The number of ether oxygens (including phenoxy) is 1. The molecular formula is C26H28FN3O6S2. The summed E-state index contributed by atoms with van der Waals surface area (Å²) in [4.78, 5) is 12.7. The maximum absolute atomic E-state index is 13.3. The summed E-state index contributed by atoms with van der Waals surface area (Å²) in [6.07, 6.45) is 1.71. The van der Waals surface area contributed by atoms with Gasteiger partial charge in [0.15, 0.2) is 0 Å². The lowest BCUT2D eigenvalue weighted by molar-refractivity contribution is -0.119. The van der Waals surface area contributed by atoms with E-state index < -0.39 is 38.3 Å². The molecule has 12 heteroatoms. The summed E-state index contributed by atoms with van der Waals surface area (Å²) in [6.45, 7) is 0.721. The van der Waals surface area contributed by atoms with E-state index in [-0.39, 0.29) is 28.6 Å². The van der Waals surface area contributed by atoms with E-state index in [9.17, 15) is 26.0 Å². The predicted molar refractivity (Wildman–Crippen MR) is 140 cm³/mol. The van der Waals surface area contributed by atoms with Crippen LogP contribution in [0, 0.1) is 5.82 Å². The molecular weight excluding hydrogens is 533 g/mol. The van der Waals surface area contributed by atoms with Gasteiger partial charge in [0.2, 0.25) is 15.9 Å². The maximum Gasteiger partial charge on any atom is 0.264 e. The number of nitrogens with zero attached hydrogens (tertiary/aromatic N) is 2. The zero-order valence-electron chi connectivity index (χ0n) is 20.5. The van der Waals surface area contributed by atoms with Crippen molar-refractivity contribution in [3.8, 4) is 5.75 Å². The van der Waals surface area contributed by atoms with Crippen LogP contribution in [0.2, 0.25) is 0 Å². The minimum Gasteiger partial charge on any atom is -0.492 e. The van der Waals surface area contributed by atoms with Crippen molar-refractivity contribution in [1.82, 2.24) is 9.62 Å². The van der Waals surface area contributed by atoms with Crippen molar-refractivity contribution in [3.63, 3.8) is 0 Å². The Balaban J connectivity index is 1.34. The second kappa shape index (κ2) is 11.9. The second-order valence-electron chi connectivity index (χ2n) is 8.58. The largest absolute Gasteiger partial charge is 0.492 e. The lowest BCUT2D eigenvalue weighted by Gasteiger charge is -2.24. The lowest BCUT2D eigenvalue weighted by Crippen LogP contribution is -2.41. The average molecular weight is 562 g/mol. The number of rotatable bonds is 11. The molecule has 0 aromatic heterocycles. The molecule has 9 nitrogen and oxygen atoms in total. The van der Waals surface area contributed by atoms with Gasteiger partial charge in [0.25, 0.3) is 10.0 Å². The van der Waals surface area contributed by atoms with E-state index in [0.29, 0.717) is 18.8 Å². The summed E-state index contributed by atoms with van der Waals surface area (Å²) in [6, 6.07) is 18.6. The highest BCUT2D eigenvalue weighted by Gasteiger charge is 2.28. The highest BCUT2D eigenvalue weighted by atomic mass is 32.2. The van der Waals surface area contributed by atoms with Crippen molar-refractivity contribution < 1.29 is 30.8 Å². The molecule has 4 rings (SSSR count). The summed E-state index contributed by atoms with van der Waals surface area (Å²) < 4.78 is 73.0. The van der Waals surface area contributed by atoms with Crippen molar-refractivity contribution in [1.29, 1.82) is 0 Å². The highest BCUT2D eigenvalue weighted by Crippen LogP contribution is 2.24. The molecule has 3 aromatic carbocycles. The molecule has 1 saturated heterocycles. The quantitative estimate of drug-likeness (QED) is 0.360. The van der Waals surface area contributed by atoms with Gasteiger partial charge < -0.3 is 10.1 Å². The lowest BCUT2D eigenvalue weighted by atomic mass is 10.3. The van der Waals surface area contributed by atoms with Crippen LogP contribution in [0.1, 0.15) is 12.8 Å². The fraction of sp³-hybridized carbons (Fsp3) is 0.269. The van der Waals surface area contributed by atoms with Gasteiger partial charge in [0.1, 0.15) is 24.7 Å². The number of hydrogen-bond acceptors (Lipinski definition) is 6. The van der Waals surface area contributed by atoms with Crippen molar-refractivity contribution >= 4 is 31.6 Å². The Kier molecular flexibility index (Phi) is 8.65. The van der Waals surface area contributed by atoms with E-state index in [1.54, 1.807) is 42.5 Å². The first-order valence-electron chi connectivity index (χ1n) is 12.0. The molecule has 3 aromatic rings. The molecule has 1 heterocycles. The van der Waals surface area contributed by atoms with Crippen LogP contribution in [0.3, 0.4) is 0 Å². The summed E-state index contributed by atoms with van der Waals surface area (Å²) in [7, 11) is -7.65. The van der Waals surface area contributed by atoms with Gasteiger partial charge in [-0.25, -0.2) is 21.2 Å². The van der Waals surface area contributed by atoms with E-state index in [4.69, 9.17) is 4.74 Å². The van der Waals surface area contributed by atoms with Crippen molar-refractivity contribution in [3.05, 3.63) is 84.7 Å². The third kappa shape index (κ3) is 6.50. The highest BCUT2D eigenvalue weighted by molar-refractivity contribution is 7.92. The van der Waals surface area contributed by atoms with Crippen LogP contribution in [0.5, 0.6) is 5.75 Å². The summed E-state index contributed by atoms with van der Waals surface area (Å²) in [5, 5.41) is 2.63. The van der Waals surface area contributed by atoms with E-state index in [2.05, 4.69) is 5.32 Å². The molecule has 1 N–H and O–H groups in total. The van der Waals surface area contributed by atoms with Gasteiger partial charge >= 0.3 is 0 Å². The summed E-state index contributed by atoms with van der Waals surface area (Å²) in [5.41, 5.74) is 0.284. The van der Waals surface area contributed by atoms with Gasteiger partial charge in [-0.3, -0.25) is 9.10 Å². The molecule has 1 fully saturated rings. The van der Waals surface area contributed by atoms with Gasteiger partial charge in [-0.15, -0.1) is 0 Å². The van der Waals surface area contributed by atoms with Gasteiger partial charge in [0.05, 0.1) is 22.0 Å². The Bertz CT molecular complexity index is 1440. The third-order valence-electron chi connectivity index (χ3n) is 5.95. The van der Waals surface area contributed by atoms with E-state index >= 15 is 0 Å². The molecule has 0 bridgehead atoms. The van der Waals surface area contributed by atoms with Gasteiger partial charge in [0, 0.05) is 13.1 Å². The average Bonchev–Trinajstić information content (AvgIpc) is 3.47. The zero-order valence-corrected chi connectivity index (χ0v) is 22.1. The molecule has 202 valence electrons. The normalized spacial score (nSPS) is 14.2. The number of anilines is 1. The smallest absolute Gasteiger partial charge is 0.264 e. The molecule has 1 aliphatic heterocycles. The number of nitrogens with one attached hydrogen (secondary N) is 1. The Morgan fingerprint density at radius 3 is 2.11 bits per heavy atom. The van der Waals surface area contributed by atoms with E-state index in [1.807, 2.05) is 0 Å². The number of carbonyl (C=O) groups excluding carboxylic acids is 1. The molecule has 0 aliphatic carbocycles. The number of hydrogen-bond donors (Lipinski definition) is 1. The Labute approximate surface area is 221 Å². The number of amides is 1. The molecule has 1 aliphatic rings. The molecule has 0 radical (unpaired) electrons. The van der Waals surface area contributed by atoms with E-state index in [1.165, 1.54) is 16.4 Å². The molecule has 0 unspecified atom stereocenters. The van der Waals surface area contributed by atoms with Crippen molar-refractivity contribution in [2.75, 3.05) is 37.1 Å². The van der Waals surface area contributed by atoms with Gasteiger partial charge in [-0.2, -0.15) is 4.31 Å². The standard InChI is InChI=1S/C26H28FN3O6S2/c27-21-8-12-25(13-9-21)38(34,35)30(22-6-2-1-3-7-22)20-26(31)28-16-19-36-23-10-14-24(15-11-23)37(32,33)29-17-4-5-18-29/h1-3,6-15H,4-5,16-20H2,(H,28,31).